The number of hydrogen-bond donors (Lipinski definition) is 0. The van der Waals surface area contributed by atoms with E-state index in [9.17, 15) is 4.79 Å². The zero-order chi connectivity index (χ0) is 10.8. The highest BCUT2D eigenvalue weighted by atomic mass is 32.2. The molecule has 1 aromatic rings. The van der Waals surface area contributed by atoms with Gasteiger partial charge in [0.15, 0.2) is 5.78 Å². The molecule has 0 unspecified atom stereocenters. The van der Waals surface area contributed by atoms with E-state index >= 15 is 0 Å². The first-order chi connectivity index (χ1) is 7.26. The maximum atomic E-state index is 11.6. The van der Waals surface area contributed by atoms with Gasteiger partial charge in [-0.1, -0.05) is 0 Å². The number of pyridine rings is 1. The third-order valence-electron chi connectivity index (χ3n) is 2.50. The summed E-state index contributed by atoms with van der Waals surface area (Å²) in [6.07, 6.45) is 4.19. The average Bonchev–Trinajstić information content (AvgIpc) is 2.28. The molecule has 15 heavy (non-hydrogen) atoms. The zero-order valence-corrected chi connectivity index (χ0v) is 9.23. The van der Waals surface area contributed by atoms with Crippen molar-refractivity contribution in [2.45, 2.75) is 24.3 Å². The van der Waals surface area contributed by atoms with Crippen LogP contribution in [0.5, 0.6) is 0 Å². The predicted octanol–water partition coefficient (Wildman–Crippen LogP) is 2.19. The maximum absolute atomic E-state index is 11.6. The fraction of sp³-hybridized carbons (Fsp3) is 0.364. The number of Topliss-reactive ketones (excluding diaryl/α,β-unsaturated/α-hetero) is 1. The highest BCUT2D eigenvalue weighted by Crippen LogP contribution is 2.25. The number of carbonyl (C=O) groups excluding carboxylic acids is 1. The summed E-state index contributed by atoms with van der Waals surface area (Å²) in [7, 11) is 0. The Hall–Kier alpha value is -1.34. The standard InChI is InChI=1S/C11H10N2OS/c1-15-11-7(6-12)5-8-9(13-11)3-2-4-10(8)14/h5H,2-4H2,1H3. The lowest BCUT2D eigenvalue weighted by atomic mass is 9.94. The molecule has 0 aliphatic heterocycles. The van der Waals surface area contributed by atoms with Crippen molar-refractivity contribution in [3.8, 4) is 6.07 Å². The first-order valence-electron chi connectivity index (χ1n) is 4.77. The topological polar surface area (TPSA) is 53.8 Å². The molecule has 2 rings (SSSR count). The highest BCUT2D eigenvalue weighted by Gasteiger charge is 2.20. The SMILES string of the molecule is CSc1nc2c(cc1C#N)C(=O)CCC2. The monoisotopic (exact) mass is 218 g/mol. The smallest absolute Gasteiger partial charge is 0.164 e. The Morgan fingerprint density at radius 2 is 2.33 bits per heavy atom. The number of aromatic nitrogens is 1. The number of ketones is 1. The first-order valence-corrected chi connectivity index (χ1v) is 6.00. The summed E-state index contributed by atoms with van der Waals surface area (Å²) in [5, 5.41) is 9.65. The molecule has 0 N–H and O–H groups in total. The maximum Gasteiger partial charge on any atom is 0.164 e. The Bertz CT molecular complexity index is 462. The molecule has 0 amide bonds. The lowest BCUT2D eigenvalue weighted by molar-refractivity contribution is 0.0971. The van der Waals surface area contributed by atoms with Gasteiger partial charge in [-0.25, -0.2) is 4.98 Å². The van der Waals surface area contributed by atoms with Gasteiger partial charge in [0.05, 0.1) is 11.3 Å². The van der Waals surface area contributed by atoms with Crippen LogP contribution in [0.2, 0.25) is 0 Å². The largest absolute Gasteiger partial charge is 0.294 e. The van der Waals surface area contributed by atoms with Gasteiger partial charge in [-0.3, -0.25) is 4.79 Å². The van der Waals surface area contributed by atoms with Crippen molar-refractivity contribution < 1.29 is 4.79 Å². The second kappa shape index (κ2) is 4.03. The number of carbonyl (C=O) groups is 1. The van der Waals surface area contributed by atoms with Crippen LogP contribution in [-0.2, 0) is 6.42 Å². The highest BCUT2D eigenvalue weighted by molar-refractivity contribution is 7.98. The fourth-order valence-corrected chi connectivity index (χ4v) is 2.28. The molecule has 0 saturated carbocycles. The molecule has 0 fully saturated rings. The summed E-state index contributed by atoms with van der Waals surface area (Å²) in [5.74, 6) is 0.118. The van der Waals surface area contributed by atoms with Crippen LogP contribution < -0.4 is 0 Å². The van der Waals surface area contributed by atoms with Gasteiger partial charge in [0.2, 0.25) is 0 Å². The van der Waals surface area contributed by atoms with Crippen LogP contribution in [0.25, 0.3) is 0 Å². The van der Waals surface area contributed by atoms with Crippen LogP contribution in [-0.4, -0.2) is 17.0 Å². The first kappa shape index (κ1) is 10.2. The summed E-state index contributed by atoms with van der Waals surface area (Å²) in [5.41, 5.74) is 2.02. The Kier molecular flexibility index (Phi) is 2.74. The van der Waals surface area contributed by atoms with Crippen LogP contribution in [0.3, 0.4) is 0 Å². The fourth-order valence-electron chi connectivity index (χ4n) is 1.75. The summed E-state index contributed by atoms with van der Waals surface area (Å²) in [4.78, 5) is 16.0. The molecule has 0 aromatic carbocycles. The Balaban J connectivity index is 2.59. The molecule has 1 heterocycles. The number of thioether (sulfide) groups is 1. The van der Waals surface area contributed by atoms with Crippen molar-refractivity contribution in [1.29, 1.82) is 5.26 Å². The van der Waals surface area contributed by atoms with Crippen LogP contribution in [0.4, 0.5) is 0 Å². The van der Waals surface area contributed by atoms with Crippen molar-refractivity contribution in [2.24, 2.45) is 0 Å². The van der Waals surface area contributed by atoms with Crippen molar-refractivity contribution >= 4 is 17.5 Å². The molecule has 4 heteroatoms. The second-order valence-electron chi connectivity index (χ2n) is 3.43. The van der Waals surface area contributed by atoms with E-state index in [2.05, 4.69) is 11.1 Å². The van der Waals surface area contributed by atoms with E-state index < -0.39 is 0 Å². The number of nitrogens with zero attached hydrogens (tertiary/aromatic N) is 2. The van der Waals surface area contributed by atoms with Crippen LogP contribution >= 0.6 is 11.8 Å². The van der Waals surface area contributed by atoms with Gasteiger partial charge in [0.1, 0.15) is 11.1 Å². The minimum atomic E-state index is 0.118. The van der Waals surface area contributed by atoms with E-state index in [1.165, 1.54) is 11.8 Å². The molecular formula is C11H10N2OS. The molecule has 76 valence electrons. The van der Waals surface area contributed by atoms with Gasteiger partial charge < -0.3 is 0 Å². The molecular weight excluding hydrogens is 208 g/mol. The van der Waals surface area contributed by atoms with E-state index in [1.807, 2.05) is 6.26 Å². The molecule has 0 atom stereocenters. The van der Waals surface area contributed by atoms with Crippen molar-refractivity contribution in [1.82, 2.24) is 4.98 Å². The molecule has 0 radical (unpaired) electrons. The Morgan fingerprint density at radius 3 is 3.00 bits per heavy atom. The molecule has 3 nitrogen and oxygen atoms in total. The Labute approximate surface area is 92.5 Å². The Morgan fingerprint density at radius 1 is 1.53 bits per heavy atom. The van der Waals surface area contributed by atoms with E-state index in [0.717, 1.165) is 23.6 Å². The lowest BCUT2D eigenvalue weighted by Gasteiger charge is -2.14. The molecule has 0 saturated heterocycles. The van der Waals surface area contributed by atoms with Crippen LogP contribution in [0.15, 0.2) is 11.1 Å². The van der Waals surface area contributed by atoms with E-state index in [-0.39, 0.29) is 5.78 Å². The number of hydrogen-bond acceptors (Lipinski definition) is 4. The van der Waals surface area contributed by atoms with Crippen molar-refractivity contribution in [2.75, 3.05) is 6.26 Å². The number of rotatable bonds is 1. The van der Waals surface area contributed by atoms with E-state index in [4.69, 9.17) is 5.26 Å². The molecule has 1 aliphatic carbocycles. The van der Waals surface area contributed by atoms with Gasteiger partial charge in [0.25, 0.3) is 0 Å². The van der Waals surface area contributed by atoms with Crippen LogP contribution in [0, 0.1) is 11.3 Å². The molecule has 1 aliphatic rings. The summed E-state index contributed by atoms with van der Waals surface area (Å²) >= 11 is 1.45. The normalized spacial score (nSPS) is 14.5. The van der Waals surface area contributed by atoms with Gasteiger partial charge in [-0.2, -0.15) is 5.26 Å². The van der Waals surface area contributed by atoms with Gasteiger partial charge in [-0.05, 0) is 25.2 Å². The van der Waals surface area contributed by atoms with E-state index in [1.54, 1.807) is 6.07 Å². The third kappa shape index (κ3) is 1.75. The lowest BCUT2D eigenvalue weighted by Crippen LogP contribution is -2.13. The molecule has 0 spiro atoms. The summed E-state index contributed by atoms with van der Waals surface area (Å²) < 4.78 is 0. The van der Waals surface area contributed by atoms with E-state index in [0.29, 0.717) is 17.5 Å². The molecule has 1 aromatic heterocycles. The van der Waals surface area contributed by atoms with Gasteiger partial charge >= 0.3 is 0 Å². The average molecular weight is 218 g/mol. The predicted molar refractivity (Wildman–Crippen MR) is 58.0 cm³/mol. The van der Waals surface area contributed by atoms with Gasteiger partial charge in [-0.15, -0.1) is 11.8 Å². The zero-order valence-electron chi connectivity index (χ0n) is 8.41. The van der Waals surface area contributed by atoms with Crippen molar-refractivity contribution in [3.05, 3.63) is 22.9 Å². The number of aryl methyl sites for hydroxylation is 1. The minimum Gasteiger partial charge on any atom is -0.294 e. The summed E-state index contributed by atoms with van der Waals surface area (Å²) in [6.45, 7) is 0. The second-order valence-corrected chi connectivity index (χ2v) is 4.22. The number of fused-ring (bicyclic) bond motifs is 1. The minimum absolute atomic E-state index is 0.118. The quantitative estimate of drug-likeness (QED) is 0.678. The van der Waals surface area contributed by atoms with Crippen molar-refractivity contribution in [3.63, 3.8) is 0 Å². The van der Waals surface area contributed by atoms with Crippen LogP contribution in [0.1, 0.15) is 34.5 Å². The van der Waals surface area contributed by atoms with Gasteiger partial charge in [0, 0.05) is 12.0 Å². The third-order valence-corrected chi connectivity index (χ3v) is 3.20. The summed E-state index contributed by atoms with van der Waals surface area (Å²) in [6, 6.07) is 3.77. The molecule has 0 bridgehead atoms. The number of nitriles is 1.